The van der Waals surface area contributed by atoms with E-state index in [1.54, 1.807) is 29.7 Å². The van der Waals surface area contributed by atoms with Crippen LogP contribution in [-0.4, -0.2) is 24.6 Å². The standard InChI is InChI=1S/C11H9FN6/c1-6-7(2-3-8(12)15-6)10-17-16-9-4-5-14-11(13)18(9)10/h2-5H,1H3,(H2,13,14). The van der Waals surface area contributed by atoms with Crippen LogP contribution in [0.2, 0.25) is 0 Å². The lowest BCUT2D eigenvalue weighted by molar-refractivity contribution is 0.580. The van der Waals surface area contributed by atoms with Crippen LogP contribution >= 0.6 is 0 Å². The van der Waals surface area contributed by atoms with Gasteiger partial charge in [-0.3, -0.25) is 0 Å². The van der Waals surface area contributed by atoms with Crippen LogP contribution in [0.25, 0.3) is 17.0 Å². The number of nitrogens with two attached hydrogens (primary N) is 1. The van der Waals surface area contributed by atoms with Gasteiger partial charge in [0.1, 0.15) is 0 Å². The maximum Gasteiger partial charge on any atom is 0.213 e. The Labute approximate surface area is 101 Å². The average Bonchev–Trinajstić information content (AvgIpc) is 2.74. The van der Waals surface area contributed by atoms with Crippen molar-refractivity contribution in [2.24, 2.45) is 0 Å². The molecule has 0 spiro atoms. The molecule has 2 N–H and O–H groups in total. The van der Waals surface area contributed by atoms with E-state index in [0.29, 0.717) is 22.7 Å². The third-order valence-electron chi connectivity index (χ3n) is 2.64. The quantitative estimate of drug-likeness (QED) is 0.651. The second-order valence-corrected chi connectivity index (χ2v) is 3.79. The monoisotopic (exact) mass is 244 g/mol. The molecule has 0 aliphatic heterocycles. The van der Waals surface area contributed by atoms with Crippen molar-refractivity contribution in [2.45, 2.75) is 6.92 Å². The summed E-state index contributed by atoms with van der Waals surface area (Å²) in [5.74, 6) is 0.244. The first-order valence-corrected chi connectivity index (χ1v) is 5.26. The Morgan fingerprint density at radius 3 is 2.83 bits per heavy atom. The van der Waals surface area contributed by atoms with Gasteiger partial charge >= 0.3 is 0 Å². The number of anilines is 1. The minimum absolute atomic E-state index is 0.274. The zero-order valence-electron chi connectivity index (χ0n) is 9.50. The number of fused-ring (bicyclic) bond motifs is 1. The Morgan fingerprint density at radius 1 is 1.22 bits per heavy atom. The highest BCUT2D eigenvalue weighted by molar-refractivity contribution is 5.63. The molecule has 6 nitrogen and oxygen atoms in total. The average molecular weight is 244 g/mol. The Balaban J connectivity index is 2.32. The Kier molecular flexibility index (Phi) is 2.19. The van der Waals surface area contributed by atoms with Crippen molar-refractivity contribution >= 4 is 11.6 Å². The lowest BCUT2D eigenvalue weighted by atomic mass is 10.2. The Morgan fingerprint density at radius 2 is 2.06 bits per heavy atom. The molecule has 18 heavy (non-hydrogen) atoms. The zero-order valence-corrected chi connectivity index (χ0v) is 9.50. The predicted molar refractivity (Wildman–Crippen MR) is 63.1 cm³/mol. The van der Waals surface area contributed by atoms with Gasteiger partial charge in [-0.2, -0.15) is 4.39 Å². The molecule has 3 aromatic heterocycles. The van der Waals surface area contributed by atoms with Gasteiger partial charge in [0.2, 0.25) is 11.9 Å². The van der Waals surface area contributed by atoms with Crippen LogP contribution in [0.4, 0.5) is 10.3 Å². The highest BCUT2D eigenvalue weighted by Crippen LogP contribution is 2.22. The van der Waals surface area contributed by atoms with Gasteiger partial charge in [-0.15, -0.1) is 10.2 Å². The molecule has 0 atom stereocenters. The molecule has 3 rings (SSSR count). The maximum atomic E-state index is 13.0. The number of nitrogen functional groups attached to an aromatic ring is 1. The second-order valence-electron chi connectivity index (χ2n) is 3.79. The fourth-order valence-corrected chi connectivity index (χ4v) is 1.81. The molecule has 0 amide bonds. The molecule has 0 saturated carbocycles. The number of aryl methyl sites for hydroxylation is 1. The van der Waals surface area contributed by atoms with E-state index in [1.807, 2.05) is 0 Å². The largest absolute Gasteiger partial charge is 0.369 e. The summed E-state index contributed by atoms with van der Waals surface area (Å²) in [7, 11) is 0. The summed E-state index contributed by atoms with van der Waals surface area (Å²) >= 11 is 0. The third-order valence-corrected chi connectivity index (χ3v) is 2.64. The summed E-state index contributed by atoms with van der Waals surface area (Å²) in [4.78, 5) is 7.74. The van der Waals surface area contributed by atoms with Crippen LogP contribution in [-0.2, 0) is 0 Å². The number of rotatable bonds is 1. The highest BCUT2D eigenvalue weighted by atomic mass is 19.1. The van der Waals surface area contributed by atoms with Gasteiger partial charge in [0, 0.05) is 17.8 Å². The van der Waals surface area contributed by atoms with Crippen molar-refractivity contribution in [3.8, 4) is 11.4 Å². The van der Waals surface area contributed by atoms with Crippen LogP contribution < -0.4 is 5.73 Å². The summed E-state index contributed by atoms with van der Waals surface area (Å²) in [6, 6.07) is 4.57. The Hall–Kier alpha value is -2.57. The van der Waals surface area contributed by atoms with Crippen molar-refractivity contribution in [3.05, 3.63) is 36.0 Å². The van der Waals surface area contributed by atoms with Crippen molar-refractivity contribution in [1.29, 1.82) is 0 Å². The molecule has 0 aliphatic rings. The summed E-state index contributed by atoms with van der Waals surface area (Å²) in [5, 5.41) is 8.04. The van der Waals surface area contributed by atoms with Gasteiger partial charge < -0.3 is 5.73 Å². The molecule has 3 aromatic rings. The van der Waals surface area contributed by atoms with E-state index in [1.165, 1.54) is 6.07 Å². The molecule has 0 radical (unpaired) electrons. The van der Waals surface area contributed by atoms with E-state index in [-0.39, 0.29) is 5.95 Å². The topological polar surface area (TPSA) is 82.0 Å². The molecular weight excluding hydrogens is 235 g/mol. The van der Waals surface area contributed by atoms with Crippen LogP contribution in [0, 0.1) is 12.9 Å². The normalized spacial score (nSPS) is 11.0. The summed E-state index contributed by atoms with van der Waals surface area (Å²) in [5.41, 5.74) is 7.57. The summed E-state index contributed by atoms with van der Waals surface area (Å²) in [6.07, 6.45) is 1.55. The lowest BCUT2D eigenvalue weighted by Gasteiger charge is -2.04. The minimum atomic E-state index is -0.531. The molecule has 0 unspecified atom stereocenters. The fourth-order valence-electron chi connectivity index (χ4n) is 1.81. The predicted octanol–water partition coefficient (Wildman–Crippen LogP) is 1.22. The number of halogens is 1. The van der Waals surface area contributed by atoms with E-state index in [2.05, 4.69) is 20.2 Å². The Bertz CT molecular complexity index is 735. The number of hydrogen-bond acceptors (Lipinski definition) is 5. The van der Waals surface area contributed by atoms with Crippen LogP contribution in [0.3, 0.4) is 0 Å². The van der Waals surface area contributed by atoms with E-state index in [4.69, 9.17) is 5.73 Å². The van der Waals surface area contributed by atoms with E-state index >= 15 is 0 Å². The number of hydrogen-bond donors (Lipinski definition) is 1. The highest BCUT2D eigenvalue weighted by Gasteiger charge is 2.13. The van der Waals surface area contributed by atoms with Gasteiger partial charge in [-0.05, 0) is 19.1 Å². The number of pyridine rings is 1. The molecule has 0 aromatic carbocycles. The molecule has 0 aliphatic carbocycles. The SMILES string of the molecule is Cc1nc(F)ccc1-c1nnc2ccnc(N)n12. The van der Waals surface area contributed by atoms with Gasteiger partial charge in [-0.25, -0.2) is 14.4 Å². The van der Waals surface area contributed by atoms with Crippen molar-refractivity contribution < 1.29 is 4.39 Å². The smallest absolute Gasteiger partial charge is 0.213 e. The van der Waals surface area contributed by atoms with Crippen molar-refractivity contribution in [2.75, 3.05) is 5.73 Å². The molecule has 0 bridgehead atoms. The first kappa shape index (κ1) is 10.6. The van der Waals surface area contributed by atoms with Crippen molar-refractivity contribution in [3.63, 3.8) is 0 Å². The third kappa shape index (κ3) is 1.48. The van der Waals surface area contributed by atoms with E-state index in [0.717, 1.165) is 0 Å². The molecule has 0 fully saturated rings. The van der Waals surface area contributed by atoms with Crippen LogP contribution in [0.15, 0.2) is 24.4 Å². The number of nitrogens with zero attached hydrogens (tertiary/aromatic N) is 5. The summed E-state index contributed by atoms with van der Waals surface area (Å²) in [6.45, 7) is 1.70. The first-order valence-electron chi connectivity index (χ1n) is 5.26. The van der Waals surface area contributed by atoms with E-state index < -0.39 is 5.95 Å². The zero-order chi connectivity index (χ0) is 12.7. The van der Waals surface area contributed by atoms with Crippen LogP contribution in [0.1, 0.15) is 5.69 Å². The number of aromatic nitrogens is 5. The molecule has 3 heterocycles. The van der Waals surface area contributed by atoms with Crippen LogP contribution in [0.5, 0.6) is 0 Å². The minimum Gasteiger partial charge on any atom is -0.369 e. The van der Waals surface area contributed by atoms with E-state index in [9.17, 15) is 4.39 Å². The summed E-state index contributed by atoms with van der Waals surface area (Å²) < 4.78 is 14.6. The van der Waals surface area contributed by atoms with Gasteiger partial charge in [0.15, 0.2) is 11.5 Å². The fraction of sp³-hybridized carbons (Fsp3) is 0.0909. The lowest BCUT2D eigenvalue weighted by Crippen LogP contribution is -2.02. The first-order chi connectivity index (χ1) is 8.66. The molecular formula is C11H9FN6. The van der Waals surface area contributed by atoms with Gasteiger partial charge in [0.05, 0.1) is 5.69 Å². The second kappa shape index (κ2) is 3.73. The molecule has 90 valence electrons. The molecule has 7 heteroatoms. The van der Waals surface area contributed by atoms with Gasteiger partial charge in [0.25, 0.3) is 0 Å². The van der Waals surface area contributed by atoms with Crippen molar-refractivity contribution in [1.82, 2.24) is 24.6 Å². The maximum absolute atomic E-state index is 13.0. The van der Waals surface area contributed by atoms with Gasteiger partial charge in [-0.1, -0.05) is 0 Å². The molecule has 0 saturated heterocycles.